The second-order valence-electron chi connectivity index (χ2n) is 4.59. The molecule has 12 heteroatoms. The van der Waals surface area contributed by atoms with Gasteiger partial charge >= 0.3 is 0 Å². The van der Waals surface area contributed by atoms with Crippen LogP contribution in [0.2, 0.25) is 0 Å². The summed E-state index contributed by atoms with van der Waals surface area (Å²) < 4.78 is 14.9. The molecule has 0 saturated heterocycles. The van der Waals surface area contributed by atoms with E-state index in [-0.39, 0.29) is 138 Å². The molecular formula is C12H26O9Y3. The van der Waals surface area contributed by atoms with E-state index >= 15 is 0 Å². The van der Waals surface area contributed by atoms with E-state index in [0.717, 1.165) is 0 Å². The average molecular weight is 581 g/mol. The van der Waals surface area contributed by atoms with Crippen molar-refractivity contribution in [1.82, 2.24) is 0 Å². The Kier molecular flexibility index (Phi) is 34.4. The normalized spacial score (nSPS) is 15.2. The fourth-order valence-corrected chi connectivity index (χ4v) is 1.22. The van der Waals surface area contributed by atoms with Crippen molar-refractivity contribution in [1.29, 1.82) is 0 Å². The zero-order chi connectivity index (χ0) is 16.1. The molecule has 0 rings (SSSR count). The molecule has 0 spiro atoms. The topological polar surface area (TPSA) is 149 Å². The predicted molar refractivity (Wildman–Crippen MR) is 70.7 cm³/mol. The van der Waals surface area contributed by atoms with Gasteiger partial charge in [-0.05, 0) is 0 Å². The maximum atomic E-state index is 9.46. The van der Waals surface area contributed by atoms with Gasteiger partial charge in [0, 0.05) is 98.1 Å². The van der Waals surface area contributed by atoms with Crippen molar-refractivity contribution in [2.75, 3.05) is 52.9 Å². The minimum Gasteiger partial charge on any atom is -0.394 e. The predicted octanol–water partition coefficient (Wildman–Crippen LogP) is -3.54. The van der Waals surface area contributed by atoms with Crippen LogP contribution in [0.25, 0.3) is 0 Å². The third-order valence-electron chi connectivity index (χ3n) is 2.28. The first-order valence-corrected chi connectivity index (χ1v) is 6.66. The second-order valence-corrected chi connectivity index (χ2v) is 4.59. The number of hydrogen-bond donors (Lipinski definition) is 6. The molecule has 0 fully saturated rings. The Labute approximate surface area is 217 Å². The van der Waals surface area contributed by atoms with Gasteiger partial charge in [0.2, 0.25) is 0 Å². The fourth-order valence-electron chi connectivity index (χ4n) is 1.22. The molecule has 0 aromatic rings. The quantitative estimate of drug-likeness (QED) is 0.123. The summed E-state index contributed by atoms with van der Waals surface area (Å²) in [5.41, 5.74) is 0. The van der Waals surface area contributed by atoms with Crippen LogP contribution in [-0.2, 0) is 112 Å². The standard InChI is InChI=1S/C12H26O9.3Y/c13-1-9(15)3-19-5-11(17)7-21-8-12(18)6-20-4-10(16)2-14;;;/h9-18H,1-8H2;;;. The Morgan fingerprint density at radius 2 is 0.667 bits per heavy atom. The van der Waals surface area contributed by atoms with Gasteiger partial charge in [0.25, 0.3) is 0 Å². The molecule has 0 heterocycles. The van der Waals surface area contributed by atoms with Crippen molar-refractivity contribution in [2.24, 2.45) is 0 Å². The van der Waals surface area contributed by atoms with Gasteiger partial charge in [-0.15, -0.1) is 0 Å². The van der Waals surface area contributed by atoms with Crippen molar-refractivity contribution in [2.45, 2.75) is 24.4 Å². The van der Waals surface area contributed by atoms with Crippen LogP contribution in [0.3, 0.4) is 0 Å². The molecule has 4 unspecified atom stereocenters. The molecule has 0 aliphatic carbocycles. The van der Waals surface area contributed by atoms with E-state index in [9.17, 15) is 10.2 Å². The van der Waals surface area contributed by atoms with Crippen LogP contribution in [0, 0.1) is 0 Å². The minimum absolute atomic E-state index is 0. The van der Waals surface area contributed by atoms with Gasteiger partial charge < -0.3 is 44.8 Å². The van der Waals surface area contributed by atoms with Gasteiger partial charge in [0.05, 0.1) is 52.9 Å². The average Bonchev–Trinajstić information content (AvgIpc) is 2.46. The van der Waals surface area contributed by atoms with Crippen LogP contribution in [-0.4, -0.2) is 108 Å². The molecule has 0 aliphatic rings. The fraction of sp³-hybridized carbons (Fsp3) is 1.00. The molecule has 0 bridgehead atoms. The van der Waals surface area contributed by atoms with E-state index in [1.807, 2.05) is 0 Å². The van der Waals surface area contributed by atoms with E-state index in [2.05, 4.69) is 0 Å². The zero-order valence-corrected chi connectivity index (χ0v) is 22.1. The second kappa shape index (κ2) is 24.0. The van der Waals surface area contributed by atoms with Gasteiger partial charge in [-0.3, -0.25) is 0 Å². The molecule has 9 nitrogen and oxygen atoms in total. The van der Waals surface area contributed by atoms with Crippen LogP contribution >= 0.6 is 0 Å². The van der Waals surface area contributed by atoms with Crippen LogP contribution in [0.5, 0.6) is 0 Å². The first-order valence-electron chi connectivity index (χ1n) is 6.66. The first kappa shape index (κ1) is 34.5. The Bertz CT molecular complexity index is 220. The Balaban J connectivity index is -0.000000667. The molecule has 6 N–H and O–H groups in total. The third-order valence-corrected chi connectivity index (χ3v) is 2.28. The SMILES string of the molecule is OCC(O)COCC(O)COCC(O)COCC(O)CO.[Y].[Y].[Y]. The first-order chi connectivity index (χ1) is 9.99. The Hall–Kier alpha value is 2.95. The summed E-state index contributed by atoms with van der Waals surface area (Å²) in [5, 5.41) is 54.0. The molecule has 3 radical (unpaired) electrons. The third kappa shape index (κ3) is 23.0. The van der Waals surface area contributed by atoms with E-state index in [4.69, 9.17) is 34.6 Å². The van der Waals surface area contributed by atoms with Crippen LogP contribution in [0.15, 0.2) is 0 Å². The van der Waals surface area contributed by atoms with Crippen molar-refractivity contribution < 1.29 is 143 Å². The summed E-state index contributed by atoms with van der Waals surface area (Å²) in [5.74, 6) is 0. The smallest absolute Gasteiger partial charge is 0.101 e. The summed E-state index contributed by atoms with van der Waals surface area (Å²) in [7, 11) is 0. The molecule has 0 saturated carbocycles. The number of rotatable bonds is 14. The summed E-state index contributed by atoms with van der Waals surface area (Å²) >= 11 is 0. The van der Waals surface area contributed by atoms with Crippen molar-refractivity contribution in [3.63, 3.8) is 0 Å². The van der Waals surface area contributed by atoms with Gasteiger partial charge in [0.15, 0.2) is 0 Å². The number of hydrogen-bond acceptors (Lipinski definition) is 9. The van der Waals surface area contributed by atoms with Crippen LogP contribution in [0.1, 0.15) is 0 Å². The summed E-state index contributed by atoms with van der Waals surface area (Å²) in [4.78, 5) is 0. The number of ether oxygens (including phenoxy) is 3. The molecule has 0 aliphatic heterocycles. The molecule has 0 amide bonds. The van der Waals surface area contributed by atoms with Crippen molar-refractivity contribution in [3.8, 4) is 0 Å². The maximum Gasteiger partial charge on any atom is 0.101 e. The molecule has 0 aromatic carbocycles. The zero-order valence-electron chi connectivity index (χ0n) is 13.6. The minimum atomic E-state index is -0.980. The van der Waals surface area contributed by atoms with Gasteiger partial charge in [-0.2, -0.15) is 0 Å². The summed E-state index contributed by atoms with van der Waals surface area (Å²) in [6.45, 7) is -1.25. The van der Waals surface area contributed by atoms with E-state index in [0.29, 0.717) is 0 Å². The van der Waals surface area contributed by atoms with Crippen molar-refractivity contribution in [3.05, 3.63) is 0 Å². The molecule has 0 aromatic heterocycles. The van der Waals surface area contributed by atoms with Crippen LogP contribution < -0.4 is 0 Å². The summed E-state index contributed by atoms with van der Waals surface area (Å²) in [6, 6.07) is 0. The monoisotopic (exact) mass is 581 g/mol. The van der Waals surface area contributed by atoms with E-state index in [1.165, 1.54) is 0 Å². The summed E-state index contributed by atoms with van der Waals surface area (Å²) in [6.07, 6.45) is -3.79. The van der Waals surface area contributed by atoms with Gasteiger partial charge in [-0.1, -0.05) is 0 Å². The number of aliphatic hydroxyl groups is 6. The molecule has 4 atom stereocenters. The molecular weight excluding hydrogens is 555 g/mol. The van der Waals surface area contributed by atoms with Crippen molar-refractivity contribution >= 4 is 0 Å². The van der Waals surface area contributed by atoms with Gasteiger partial charge in [0.1, 0.15) is 24.4 Å². The van der Waals surface area contributed by atoms with E-state index < -0.39 is 37.6 Å². The van der Waals surface area contributed by atoms with E-state index in [1.54, 1.807) is 0 Å². The Morgan fingerprint density at radius 3 is 0.875 bits per heavy atom. The molecule has 24 heavy (non-hydrogen) atoms. The molecule has 137 valence electrons. The van der Waals surface area contributed by atoms with Gasteiger partial charge in [-0.25, -0.2) is 0 Å². The Morgan fingerprint density at radius 1 is 0.458 bits per heavy atom. The number of aliphatic hydroxyl groups excluding tert-OH is 6. The van der Waals surface area contributed by atoms with Crippen LogP contribution in [0.4, 0.5) is 0 Å². The maximum absolute atomic E-state index is 9.46. The largest absolute Gasteiger partial charge is 0.394 e.